The average molecular weight is 477 g/mol. The first-order valence-corrected chi connectivity index (χ1v) is 12.6. The Balaban J connectivity index is 1.21. The molecular weight excluding hydrogens is 444 g/mol. The summed E-state index contributed by atoms with van der Waals surface area (Å²) in [4.78, 5) is 39.5. The number of ether oxygens (including phenoxy) is 1. The molecule has 1 saturated heterocycles. The van der Waals surface area contributed by atoms with Crippen LogP contribution in [0.4, 0.5) is 4.79 Å². The number of hydrogen-bond donors (Lipinski definition) is 2. The molecule has 0 aromatic heterocycles. The van der Waals surface area contributed by atoms with Crippen LogP contribution < -0.4 is 5.32 Å². The SMILES string of the molecule is CCC1(C(=O)O)CCN(C(=O)[C@@H]2CCC[C@@H]2NC(=O)OCC2c3ccccc3-c3ccccc32)C1. The molecule has 2 fully saturated rings. The summed E-state index contributed by atoms with van der Waals surface area (Å²) in [6.45, 7) is 2.78. The Morgan fingerprint density at radius 1 is 1.06 bits per heavy atom. The van der Waals surface area contributed by atoms with Crippen molar-refractivity contribution < 1.29 is 24.2 Å². The first-order valence-electron chi connectivity index (χ1n) is 12.6. The highest BCUT2D eigenvalue weighted by molar-refractivity contribution is 5.84. The predicted molar refractivity (Wildman–Crippen MR) is 131 cm³/mol. The fraction of sp³-hybridized carbons (Fsp3) is 0.464. The molecular formula is C28H32N2O5. The maximum atomic E-state index is 13.2. The Hall–Kier alpha value is -3.35. The van der Waals surface area contributed by atoms with Crippen LogP contribution in [0, 0.1) is 11.3 Å². The van der Waals surface area contributed by atoms with Crippen molar-refractivity contribution in [2.24, 2.45) is 11.3 Å². The molecule has 0 bridgehead atoms. The van der Waals surface area contributed by atoms with E-state index >= 15 is 0 Å². The van der Waals surface area contributed by atoms with Crippen molar-refractivity contribution in [3.8, 4) is 11.1 Å². The topological polar surface area (TPSA) is 95.9 Å². The second-order valence-corrected chi connectivity index (χ2v) is 10.1. The van der Waals surface area contributed by atoms with E-state index in [1.165, 1.54) is 11.1 Å². The largest absolute Gasteiger partial charge is 0.481 e. The van der Waals surface area contributed by atoms with Crippen LogP contribution in [0.15, 0.2) is 48.5 Å². The molecule has 1 unspecified atom stereocenters. The molecule has 2 amide bonds. The number of aliphatic carboxylic acids is 1. The number of rotatable bonds is 6. The fourth-order valence-electron chi connectivity index (χ4n) is 6.13. The molecule has 2 aromatic rings. The monoisotopic (exact) mass is 476 g/mol. The van der Waals surface area contributed by atoms with Crippen molar-refractivity contribution in [1.82, 2.24) is 10.2 Å². The van der Waals surface area contributed by atoms with Crippen molar-refractivity contribution in [1.29, 1.82) is 0 Å². The minimum absolute atomic E-state index is 0.0167. The molecule has 1 heterocycles. The first kappa shape index (κ1) is 23.4. The van der Waals surface area contributed by atoms with Gasteiger partial charge in [-0.25, -0.2) is 4.79 Å². The van der Waals surface area contributed by atoms with Crippen molar-refractivity contribution in [2.75, 3.05) is 19.7 Å². The third-order valence-corrected chi connectivity index (χ3v) is 8.28. The van der Waals surface area contributed by atoms with Crippen LogP contribution in [0.5, 0.6) is 0 Å². The maximum Gasteiger partial charge on any atom is 0.407 e. The molecule has 3 atom stereocenters. The number of fused-ring (bicyclic) bond motifs is 3. The van der Waals surface area contributed by atoms with Gasteiger partial charge in [-0.15, -0.1) is 0 Å². The molecule has 2 N–H and O–H groups in total. The van der Waals surface area contributed by atoms with Gasteiger partial charge in [0.05, 0.1) is 11.3 Å². The average Bonchev–Trinajstić information content (AvgIpc) is 3.59. The van der Waals surface area contributed by atoms with E-state index in [0.717, 1.165) is 17.5 Å². The van der Waals surface area contributed by atoms with Gasteiger partial charge in [-0.1, -0.05) is 61.9 Å². The fourth-order valence-corrected chi connectivity index (χ4v) is 6.13. The molecule has 7 nitrogen and oxygen atoms in total. The minimum atomic E-state index is -0.857. The van der Waals surface area contributed by atoms with E-state index in [2.05, 4.69) is 29.6 Å². The molecule has 2 aromatic carbocycles. The van der Waals surface area contributed by atoms with E-state index in [9.17, 15) is 19.5 Å². The lowest BCUT2D eigenvalue weighted by atomic mass is 9.84. The highest BCUT2D eigenvalue weighted by Gasteiger charge is 2.47. The van der Waals surface area contributed by atoms with Gasteiger partial charge in [-0.05, 0) is 47.9 Å². The third kappa shape index (κ3) is 4.17. The number of carboxylic acid groups (broad SMARTS) is 1. The van der Waals surface area contributed by atoms with Crippen molar-refractivity contribution in [3.05, 3.63) is 59.7 Å². The van der Waals surface area contributed by atoms with Crippen LogP contribution >= 0.6 is 0 Å². The lowest BCUT2D eigenvalue weighted by Gasteiger charge is -2.27. The maximum absolute atomic E-state index is 13.2. The summed E-state index contributed by atoms with van der Waals surface area (Å²) in [6, 6.07) is 16.1. The Morgan fingerprint density at radius 3 is 2.31 bits per heavy atom. The number of carboxylic acids is 1. The number of nitrogens with one attached hydrogen (secondary N) is 1. The van der Waals surface area contributed by atoms with Gasteiger partial charge in [-0.2, -0.15) is 0 Å². The normalized spacial score (nSPS) is 25.2. The van der Waals surface area contributed by atoms with Crippen LogP contribution in [0.25, 0.3) is 11.1 Å². The zero-order chi connectivity index (χ0) is 24.6. The molecule has 0 radical (unpaired) electrons. The Morgan fingerprint density at radius 2 is 1.71 bits per heavy atom. The zero-order valence-corrected chi connectivity index (χ0v) is 20.0. The Labute approximate surface area is 205 Å². The van der Waals surface area contributed by atoms with Crippen LogP contribution in [-0.4, -0.2) is 53.7 Å². The summed E-state index contributed by atoms with van der Waals surface area (Å²) >= 11 is 0. The number of carbonyl (C=O) groups is 3. The summed E-state index contributed by atoms with van der Waals surface area (Å²) in [5, 5.41) is 12.6. The molecule has 35 heavy (non-hydrogen) atoms. The van der Waals surface area contributed by atoms with Gasteiger partial charge < -0.3 is 20.1 Å². The number of alkyl carbamates (subject to hydrolysis) is 1. The molecule has 2 aliphatic carbocycles. The van der Waals surface area contributed by atoms with Gasteiger partial charge in [0.2, 0.25) is 5.91 Å². The summed E-state index contributed by atoms with van der Waals surface area (Å²) in [6.07, 6.45) is 2.71. The van der Waals surface area contributed by atoms with Gasteiger partial charge >= 0.3 is 12.1 Å². The van der Waals surface area contributed by atoms with Gasteiger partial charge in [0.25, 0.3) is 0 Å². The van der Waals surface area contributed by atoms with Gasteiger partial charge in [0.15, 0.2) is 0 Å². The molecule has 0 spiro atoms. The van der Waals surface area contributed by atoms with Gasteiger partial charge in [-0.3, -0.25) is 9.59 Å². The number of carbonyl (C=O) groups excluding carboxylic acids is 2. The minimum Gasteiger partial charge on any atom is -0.481 e. The lowest BCUT2D eigenvalue weighted by molar-refractivity contribution is -0.149. The molecule has 3 aliphatic rings. The summed E-state index contributed by atoms with van der Waals surface area (Å²) in [5.74, 6) is -1.24. The summed E-state index contributed by atoms with van der Waals surface area (Å²) in [5.41, 5.74) is 3.80. The summed E-state index contributed by atoms with van der Waals surface area (Å²) < 4.78 is 5.68. The van der Waals surface area contributed by atoms with Gasteiger partial charge in [0.1, 0.15) is 6.61 Å². The molecule has 5 rings (SSSR count). The second-order valence-electron chi connectivity index (χ2n) is 10.1. The zero-order valence-electron chi connectivity index (χ0n) is 20.0. The molecule has 1 saturated carbocycles. The number of benzene rings is 2. The summed E-state index contributed by atoms with van der Waals surface area (Å²) in [7, 11) is 0. The van der Waals surface area contributed by atoms with Crippen LogP contribution in [-0.2, 0) is 14.3 Å². The highest BCUT2D eigenvalue weighted by atomic mass is 16.5. The van der Waals surface area contributed by atoms with Crippen molar-refractivity contribution in [2.45, 2.75) is 51.0 Å². The highest BCUT2D eigenvalue weighted by Crippen LogP contribution is 2.44. The first-order chi connectivity index (χ1) is 16.9. The van der Waals surface area contributed by atoms with Crippen LogP contribution in [0.1, 0.15) is 56.1 Å². The number of amides is 2. The van der Waals surface area contributed by atoms with E-state index in [-0.39, 0.29) is 36.9 Å². The molecule has 1 aliphatic heterocycles. The van der Waals surface area contributed by atoms with Gasteiger partial charge in [0, 0.05) is 25.0 Å². The Bertz CT molecular complexity index is 1100. The number of likely N-dealkylation sites (tertiary alicyclic amines) is 1. The van der Waals surface area contributed by atoms with Crippen molar-refractivity contribution >= 4 is 18.0 Å². The second kappa shape index (κ2) is 9.36. The van der Waals surface area contributed by atoms with E-state index in [1.807, 2.05) is 31.2 Å². The predicted octanol–water partition coefficient (Wildman–Crippen LogP) is 4.41. The van der Waals surface area contributed by atoms with E-state index in [0.29, 0.717) is 32.2 Å². The van der Waals surface area contributed by atoms with E-state index in [4.69, 9.17) is 4.74 Å². The quantitative estimate of drug-likeness (QED) is 0.644. The lowest BCUT2D eigenvalue weighted by Crippen LogP contribution is -2.46. The third-order valence-electron chi connectivity index (χ3n) is 8.28. The van der Waals surface area contributed by atoms with Crippen LogP contribution in [0.2, 0.25) is 0 Å². The van der Waals surface area contributed by atoms with E-state index in [1.54, 1.807) is 4.90 Å². The van der Waals surface area contributed by atoms with Crippen molar-refractivity contribution in [3.63, 3.8) is 0 Å². The standard InChI is InChI=1S/C28H32N2O5/c1-2-28(26(32)33)14-15-30(17-28)25(31)22-12-7-13-24(22)29-27(34)35-16-23-20-10-5-3-8-18(20)19-9-4-6-11-21(19)23/h3-6,8-11,22-24H,2,7,12-17H2,1H3,(H,29,34)(H,32,33)/t22-,24+,28?/m1/s1. The molecule has 184 valence electrons. The Kier molecular flexibility index (Phi) is 6.26. The van der Waals surface area contributed by atoms with E-state index < -0.39 is 17.5 Å². The molecule has 7 heteroatoms. The smallest absolute Gasteiger partial charge is 0.407 e. The number of hydrogen-bond acceptors (Lipinski definition) is 4. The van der Waals surface area contributed by atoms with Crippen LogP contribution in [0.3, 0.4) is 0 Å². The number of nitrogens with zero attached hydrogens (tertiary/aromatic N) is 1.